The molecule has 0 heterocycles. The van der Waals surface area contributed by atoms with Gasteiger partial charge in [0.1, 0.15) is 17.2 Å². The fourth-order valence-electron chi connectivity index (χ4n) is 1.58. The first-order chi connectivity index (χ1) is 11.0. The van der Waals surface area contributed by atoms with Crippen molar-refractivity contribution in [2.24, 2.45) is 5.10 Å². The van der Waals surface area contributed by atoms with Crippen molar-refractivity contribution in [3.63, 3.8) is 0 Å². The van der Waals surface area contributed by atoms with Crippen molar-refractivity contribution >= 4 is 39.7 Å². The molecular weight excluding hydrogens is 388 g/mol. The molecular formula is C15H12BrClN2O4. The van der Waals surface area contributed by atoms with Crippen molar-refractivity contribution in [3.8, 4) is 17.2 Å². The first kappa shape index (κ1) is 17.1. The first-order valence-electron chi connectivity index (χ1n) is 6.37. The summed E-state index contributed by atoms with van der Waals surface area (Å²) < 4.78 is 6.08. The number of hydrogen-bond donors (Lipinski definition) is 3. The second-order valence-electron chi connectivity index (χ2n) is 4.40. The lowest BCUT2D eigenvalue weighted by Crippen LogP contribution is -2.24. The van der Waals surface area contributed by atoms with Gasteiger partial charge in [0.2, 0.25) is 0 Å². The van der Waals surface area contributed by atoms with Crippen LogP contribution in [0.4, 0.5) is 0 Å². The average molecular weight is 400 g/mol. The van der Waals surface area contributed by atoms with Crippen LogP contribution in [0.5, 0.6) is 17.2 Å². The van der Waals surface area contributed by atoms with E-state index in [9.17, 15) is 9.90 Å². The van der Waals surface area contributed by atoms with E-state index in [1.807, 2.05) is 0 Å². The molecule has 2 rings (SSSR count). The molecule has 2 aromatic carbocycles. The number of hydrazone groups is 1. The number of aromatic hydroxyl groups is 2. The van der Waals surface area contributed by atoms with E-state index in [1.54, 1.807) is 18.2 Å². The van der Waals surface area contributed by atoms with Crippen LogP contribution in [0.15, 0.2) is 46.0 Å². The number of nitrogens with one attached hydrogen (secondary N) is 1. The summed E-state index contributed by atoms with van der Waals surface area (Å²) in [4.78, 5) is 11.6. The summed E-state index contributed by atoms with van der Waals surface area (Å²) in [5.74, 6) is -0.326. The number of carbonyl (C=O) groups is 1. The van der Waals surface area contributed by atoms with Crippen LogP contribution in [0.2, 0.25) is 5.02 Å². The highest BCUT2D eigenvalue weighted by molar-refractivity contribution is 9.10. The largest absolute Gasteiger partial charge is 0.508 e. The van der Waals surface area contributed by atoms with Gasteiger partial charge in [0, 0.05) is 16.1 Å². The molecule has 0 fully saturated rings. The lowest BCUT2D eigenvalue weighted by molar-refractivity contribution is -0.123. The Morgan fingerprint density at radius 1 is 1.30 bits per heavy atom. The van der Waals surface area contributed by atoms with Gasteiger partial charge in [-0.25, -0.2) is 5.43 Å². The number of rotatable bonds is 5. The molecule has 0 unspecified atom stereocenters. The quantitative estimate of drug-likeness (QED) is 0.532. The summed E-state index contributed by atoms with van der Waals surface area (Å²) >= 11 is 9.23. The van der Waals surface area contributed by atoms with E-state index in [-0.39, 0.29) is 18.1 Å². The Kier molecular flexibility index (Phi) is 5.84. The van der Waals surface area contributed by atoms with Crippen LogP contribution in [0.1, 0.15) is 5.56 Å². The molecule has 0 aliphatic carbocycles. The van der Waals surface area contributed by atoms with Crippen molar-refractivity contribution in [1.82, 2.24) is 5.43 Å². The van der Waals surface area contributed by atoms with Crippen molar-refractivity contribution in [2.75, 3.05) is 6.61 Å². The van der Waals surface area contributed by atoms with Gasteiger partial charge in [-0.3, -0.25) is 4.79 Å². The van der Waals surface area contributed by atoms with Crippen LogP contribution in [-0.2, 0) is 4.79 Å². The predicted molar refractivity (Wildman–Crippen MR) is 90.2 cm³/mol. The van der Waals surface area contributed by atoms with Gasteiger partial charge < -0.3 is 14.9 Å². The highest BCUT2D eigenvalue weighted by Crippen LogP contribution is 2.27. The fourth-order valence-corrected chi connectivity index (χ4v) is 2.31. The Balaban J connectivity index is 1.86. The van der Waals surface area contributed by atoms with Crippen molar-refractivity contribution in [3.05, 3.63) is 51.5 Å². The van der Waals surface area contributed by atoms with E-state index in [0.717, 1.165) is 4.47 Å². The third kappa shape index (κ3) is 5.15. The molecule has 0 saturated carbocycles. The summed E-state index contributed by atoms with van der Waals surface area (Å²) in [5.41, 5.74) is 2.60. The molecule has 0 aliphatic heterocycles. The third-order valence-corrected chi connectivity index (χ3v) is 3.45. The standard InChI is InChI=1S/C15H12BrClN2O4/c16-10-2-4-14(12(17)5-10)23-8-15(22)19-18-7-9-1-3-11(20)6-13(9)21/h1-7,20-21H,8H2,(H,19,22). The summed E-state index contributed by atoms with van der Waals surface area (Å²) in [7, 11) is 0. The second kappa shape index (κ2) is 7.85. The lowest BCUT2D eigenvalue weighted by atomic mass is 10.2. The smallest absolute Gasteiger partial charge is 0.277 e. The van der Waals surface area contributed by atoms with E-state index in [2.05, 4.69) is 26.5 Å². The number of carbonyl (C=O) groups excluding carboxylic acids is 1. The van der Waals surface area contributed by atoms with Crippen LogP contribution >= 0.6 is 27.5 Å². The molecule has 120 valence electrons. The highest BCUT2D eigenvalue weighted by atomic mass is 79.9. The molecule has 0 aromatic heterocycles. The van der Waals surface area contributed by atoms with Gasteiger partial charge in [-0.05, 0) is 30.3 Å². The van der Waals surface area contributed by atoms with Gasteiger partial charge in [-0.1, -0.05) is 27.5 Å². The maximum atomic E-state index is 11.6. The molecule has 6 nitrogen and oxygen atoms in total. The minimum absolute atomic E-state index is 0.0662. The SMILES string of the molecule is O=C(COc1ccc(Br)cc1Cl)NN=Cc1ccc(O)cc1O. The molecule has 0 radical (unpaired) electrons. The molecule has 0 atom stereocenters. The van der Waals surface area contributed by atoms with Crippen LogP contribution in [0, 0.1) is 0 Å². The number of hydrogen-bond acceptors (Lipinski definition) is 5. The number of amides is 1. The minimum atomic E-state index is -0.487. The Hall–Kier alpha value is -2.25. The number of nitrogens with zero attached hydrogens (tertiary/aromatic N) is 1. The maximum absolute atomic E-state index is 11.6. The summed E-state index contributed by atoms with van der Waals surface area (Å²) in [6, 6.07) is 9.05. The van der Waals surface area contributed by atoms with E-state index >= 15 is 0 Å². The molecule has 8 heteroatoms. The van der Waals surface area contributed by atoms with Crippen LogP contribution in [0.3, 0.4) is 0 Å². The zero-order chi connectivity index (χ0) is 16.8. The van der Waals surface area contributed by atoms with Crippen LogP contribution in [0.25, 0.3) is 0 Å². The summed E-state index contributed by atoms with van der Waals surface area (Å²) in [6.07, 6.45) is 1.25. The van der Waals surface area contributed by atoms with Gasteiger partial charge in [0.25, 0.3) is 5.91 Å². The average Bonchev–Trinajstić information content (AvgIpc) is 2.48. The molecule has 0 bridgehead atoms. The minimum Gasteiger partial charge on any atom is -0.508 e. The second-order valence-corrected chi connectivity index (χ2v) is 5.72. The maximum Gasteiger partial charge on any atom is 0.277 e. The fraction of sp³-hybridized carbons (Fsp3) is 0.0667. The Bertz CT molecular complexity index is 752. The molecule has 0 saturated heterocycles. The number of phenolic OH excluding ortho intramolecular Hbond substituents is 2. The van der Waals surface area contributed by atoms with E-state index in [1.165, 1.54) is 24.4 Å². The molecule has 23 heavy (non-hydrogen) atoms. The number of benzene rings is 2. The van der Waals surface area contributed by atoms with Gasteiger partial charge in [-0.15, -0.1) is 0 Å². The van der Waals surface area contributed by atoms with E-state index in [4.69, 9.17) is 21.4 Å². The van der Waals surface area contributed by atoms with Crippen molar-refractivity contribution in [1.29, 1.82) is 0 Å². The normalized spacial score (nSPS) is 10.7. The molecule has 3 N–H and O–H groups in total. The van der Waals surface area contributed by atoms with Gasteiger partial charge in [0.05, 0.1) is 11.2 Å². The summed E-state index contributed by atoms with van der Waals surface area (Å²) in [5, 5.41) is 22.8. The Morgan fingerprint density at radius 2 is 2.09 bits per heavy atom. The van der Waals surface area contributed by atoms with Crippen LogP contribution in [-0.4, -0.2) is 28.9 Å². The predicted octanol–water partition coefficient (Wildman–Crippen LogP) is 3.04. The first-order valence-corrected chi connectivity index (χ1v) is 7.54. The topological polar surface area (TPSA) is 91.2 Å². The Labute approximate surface area is 145 Å². The molecule has 0 aliphatic rings. The lowest BCUT2D eigenvalue weighted by Gasteiger charge is -2.07. The summed E-state index contributed by atoms with van der Waals surface area (Å²) in [6.45, 7) is -0.264. The third-order valence-electron chi connectivity index (χ3n) is 2.66. The van der Waals surface area contributed by atoms with Crippen LogP contribution < -0.4 is 10.2 Å². The molecule has 2 aromatic rings. The van der Waals surface area contributed by atoms with E-state index < -0.39 is 5.91 Å². The number of ether oxygens (including phenoxy) is 1. The Morgan fingerprint density at radius 3 is 2.78 bits per heavy atom. The highest BCUT2D eigenvalue weighted by Gasteiger charge is 2.06. The van der Waals surface area contributed by atoms with Gasteiger partial charge in [0.15, 0.2) is 6.61 Å². The van der Waals surface area contributed by atoms with E-state index in [0.29, 0.717) is 16.3 Å². The van der Waals surface area contributed by atoms with Gasteiger partial charge >= 0.3 is 0 Å². The molecule has 1 amide bonds. The number of halogens is 2. The molecule has 0 spiro atoms. The monoisotopic (exact) mass is 398 g/mol. The number of phenols is 2. The zero-order valence-corrected chi connectivity index (χ0v) is 14.0. The van der Waals surface area contributed by atoms with Gasteiger partial charge in [-0.2, -0.15) is 5.10 Å². The zero-order valence-electron chi connectivity index (χ0n) is 11.7. The van der Waals surface area contributed by atoms with Crippen molar-refractivity contribution < 1.29 is 19.7 Å². The van der Waals surface area contributed by atoms with Crippen molar-refractivity contribution in [2.45, 2.75) is 0 Å².